The minimum absolute atomic E-state index is 0.143. The topological polar surface area (TPSA) is 110 Å². The fourth-order valence-electron chi connectivity index (χ4n) is 8.63. The summed E-state index contributed by atoms with van der Waals surface area (Å²) >= 11 is 7.09. The highest BCUT2D eigenvalue weighted by Crippen LogP contribution is 2.70. The van der Waals surface area contributed by atoms with Crippen molar-refractivity contribution < 1.29 is 34.1 Å². The van der Waals surface area contributed by atoms with Gasteiger partial charge >= 0.3 is 11.9 Å². The second kappa shape index (κ2) is 8.77. The molecule has 0 aromatic rings. The Morgan fingerprint density at radius 1 is 1.24 bits per heavy atom. The Labute approximate surface area is 229 Å². The van der Waals surface area contributed by atoms with E-state index in [-0.39, 0.29) is 30.0 Å². The van der Waals surface area contributed by atoms with Crippen LogP contribution in [-0.4, -0.2) is 56.7 Å². The first kappa shape index (κ1) is 27.6. The maximum absolute atomic E-state index is 13.4. The summed E-state index contributed by atoms with van der Waals surface area (Å²) in [7, 11) is 0. The van der Waals surface area contributed by atoms with E-state index in [0.717, 1.165) is 11.1 Å². The van der Waals surface area contributed by atoms with Gasteiger partial charge in [-0.05, 0) is 63.5 Å². The number of ketones is 1. The summed E-state index contributed by atoms with van der Waals surface area (Å²) in [6, 6.07) is 0. The van der Waals surface area contributed by atoms with E-state index in [1.54, 1.807) is 19.1 Å². The number of aliphatic hydroxyl groups is 2. The van der Waals surface area contributed by atoms with Crippen molar-refractivity contribution in [3.8, 4) is 0 Å². The van der Waals surface area contributed by atoms with E-state index in [4.69, 9.17) is 21.1 Å². The van der Waals surface area contributed by atoms with Gasteiger partial charge in [-0.1, -0.05) is 38.0 Å². The predicted octanol–water partition coefficient (Wildman–Crippen LogP) is 4.19. The molecule has 0 aromatic heterocycles. The zero-order valence-corrected chi connectivity index (χ0v) is 23.8. The van der Waals surface area contributed by atoms with Crippen LogP contribution in [0.15, 0.2) is 34.9 Å². The zero-order chi connectivity index (χ0) is 28.0. The number of rotatable bonds is 3. The monoisotopic (exact) mass is 546 g/mol. The maximum Gasteiger partial charge on any atom is 0.333 e. The van der Waals surface area contributed by atoms with Crippen molar-refractivity contribution in [2.45, 2.75) is 102 Å². The molecular weight excluding hydrogens is 508 g/mol. The van der Waals surface area contributed by atoms with Crippen LogP contribution in [0, 0.1) is 28.6 Å². The lowest BCUT2D eigenvalue weighted by Gasteiger charge is -2.65. The van der Waals surface area contributed by atoms with Gasteiger partial charge in [-0.15, -0.1) is 11.6 Å². The van der Waals surface area contributed by atoms with Crippen molar-refractivity contribution in [1.29, 1.82) is 0 Å². The largest absolute Gasteiger partial charge is 0.458 e. The summed E-state index contributed by atoms with van der Waals surface area (Å²) in [5, 5.41) is 24.2. The van der Waals surface area contributed by atoms with E-state index in [1.807, 2.05) is 33.8 Å². The predicted molar refractivity (Wildman–Crippen MR) is 141 cm³/mol. The van der Waals surface area contributed by atoms with Crippen molar-refractivity contribution in [2.75, 3.05) is 0 Å². The van der Waals surface area contributed by atoms with Gasteiger partial charge in [-0.3, -0.25) is 9.59 Å². The van der Waals surface area contributed by atoms with Crippen molar-refractivity contribution >= 4 is 29.3 Å². The Hall–Kier alpha value is -1.96. The SMILES string of the molecule is CC(=O)O[C@H]1C=C([C@H](C)[C@H]2CC(C)=C(C)C(=O)O2)[C@@]2(C)CCC3C(C[C@@H](O)[C@@]4(Cl)CC=CC(=O)[C@]34C)[C@]12O. The molecule has 5 rings (SSSR count). The molecule has 7 nitrogen and oxygen atoms in total. The molecule has 4 aliphatic carbocycles. The summed E-state index contributed by atoms with van der Waals surface area (Å²) in [6.07, 6.45) is 4.96. The number of esters is 2. The molecule has 10 atom stereocenters. The van der Waals surface area contributed by atoms with Gasteiger partial charge in [0.25, 0.3) is 0 Å². The van der Waals surface area contributed by atoms with E-state index < -0.39 is 51.5 Å². The first-order chi connectivity index (χ1) is 17.6. The first-order valence-corrected chi connectivity index (χ1v) is 14.1. The molecule has 38 heavy (non-hydrogen) atoms. The molecule has 0 saturated heterocycles. The van der Waals surface area contributed by atoms with Crippen LogP contribution in [0.5, 0.6) is 0 Å². The van der Waals surface area contributed by atoms with Crippen molar-refractivity contribution in [3.05, 3.63) is 34.9 Å². The van der Waals surface area contributed by atoms with Crippen LogP contribution in [-0.2, 0) is 23.9 Å². The zero-order valence-electron chi connectivity index (χ0n) is 23.0. The number of alkyl halides is 1. The Morgan fingerprint density at radius 2 is 1.92 bits per heavy atom. The number of hydrogen-bond donors (Lipinski definition) is 2. The molecule has 5 aliphatic rings. The number of hydrogen-bond acceptors (Lipinski definition) is 7. The van der Waals surface area contributed by atoms with Crippen LogP contribution < -0.4 is 0 Å². The molecule has 2 unspecified atom stereocenters. The van der Waals surface area contributed by atoms with Gasteiger partial charge in [0.1, 0.15) is 17.8 Å². The van der Waals surface area contributed by atoms with Crippen molar-refractivity contribution in [2.24, 2.45) is 28.6 Å². The molecule has 208 valence electrons. The average Bonchev–Trinajstić information content (AvgIpc) is 3.07. The lowest BCUT2D eigenvalue weighted by atomic mass is 9.42. The maximum atomic E-state index is 13.4. The number of aliphatic hydroxyl groups excluding tert-OH is 1. The average molecular weight is 547 g/mol. The van der Waals surface area contributed by atoms with Crippen LogP contribution in [0.2, 0.25) is 0 Å². The highest BCUT2D eigenvalue weighted by molar-refractivity contribution is 6.28. The Balaban J connectivity index is 1.59. The first-order valence-electron chi connectivity index (χ1n) is 13.7. The number of cyclic esters (lactones) is 1. The molecule has 2 fully saturated rings. The van der Waals surface area contributed by atoms with Gasteiger partial charge < -0.3 is 19.7 Å². The second-order valence-corrected chi connectivity index (χ2v) is 13.4. The highest BCUT2D eigenvalue weighted by atomic mass is 35.5. The Bertz CT molecular complexity index is 1190. The van der Waals surface area contributed by atoms with Gasteiger partial charge in [0.15, 0.2) is 5.78 Å². The number of ether oxygens (including phenoxy) is 2. The standard InChI is InChI=1S/C30H39ClO7/c1-15-12-22(38-26(35)16(15)2)17(3)20-14-25(37-18(4)32)30(36)21-13-24(34)29(31)10-7-8-23(33)28(29,6)19(21)9-11-27(20,30)5/h7-8,14,17,19,21-22,24-25,34,36H,9-13H2,1-6H3/t17-,19?,21?,22+,24+,25-,27+,28-,29-,30-/m0/s1. The minimum atomic E-state index is -1.58. The molecular formula is C30H39ClO7. The van der Waals surface area contributed by atoms with Gasteiger partial charge in [-0.2, -0.15) is 0 Å². The van der Waals surface area contributed by atoms with E-state index in [9.17, 15) is 24.6 Å². The molecule has 0 spiro atoms. The smallest absolute Gasteiger partial charge is 0.333 e. The number of allylic oxidation sites excluding steroid dienone is 2. The minimum Gasteiger partial charge on any atom is -0.458 e. The van der Waals surface area contributed by atoms with E-state index in [1.165, 1.54) is 6.92 Å². The molecule has 0 bridgehead atoms. The Kier molecular flexibility index (Phi) is 6.37. The van der Waals surface area contributed by atoms with E-state index >= 15 is 0 Å². The van der Waals surface area contributed by atoms with Gasteiger partial charge in [-0.25, -0.2) is 4.79 Å². The number of fused-ring (bicyclic) bond motifs is 5. The van der Waals surface area contributed by atoms with E-state index in [0.29, 0.717) is 31.3 Å². The fourth-order valence-corrected chi connectivity index (χ4v) is 9.04. The molecule has 2 saturated carbocycles. The fraction of sp³-hybridized carbons (Fsp3) is 0.700. The normalized spacial score (nSPS) is 47.0. The molecule has 0 amide bonds. The lowest BCUT2D eigenvalue weighted by molar-refractivity contribution is -0.235. The van der Waals surface area contributed by atoms with Crippen molar-refractivity contribution in [1.82, 2.24) is 0 Å². The van der Waals surface area contributed by atoms with Gasteiger partial charge in [0.05, 0.1) is 16.4 Å². The van der Waals surface area contributed by atoms with Crippen LogP contribution in [0.3, 0.4) is 0 Å². The molecule has 2 N–H and O–H groups in total. The lowest BCUT2D eigenvalue weighted by Crippen LogP contribution is -2.72. The summed E-state index contributed by atoms with van der Waals surface area (Å²) in [6.45, 7) is 10.8. The van der Waals surface area contributed by atoms with Crippen LogP contribution in [0.25, 0.3) is 0 Å². The third-order valence-electron chi connectivity index (χ3n) is 11.2. The molecule has 1 aliphatic heterocycles. The molecule has 1 heterocycles. The number of carbonyl (C=O) groups is 3. The molecule has 0 aromatic carbocycles. The third kappa shape index (κ3) is 3.37. The summed E-state index contributed by atoms with van der Waals surface area (Å²) in [4.78, 5) is 37.1. The highest BCUT2D eigenvalue weighted by Gasteiger charge is 2.74. The number of halogens is 1. The summed E-state index contributed by atoms with van der Waals surface area (Å²) in [5.41, 5.74) is -1.02. The Morgan fingerprint density at radius 3 is 2.55 bits per heavy atom. The van der Waals surface area contributed by atoms with E-state index in [2.05, 4.69) is 0 Å². The molecule has 0 radical (unpaired) electrons. The van der Waals surface area contributed by atoms with Crippen molar-refractivity contribution in [3.63, 3.8) is 0 Å². The van der Waals surface area contributed by atoms with Gasteiger partial charge in [0.2, 0.25) is 0 Å². The van der Waals surface area contributed by atoms with Crippen LogP contribution in [0.1, 0.15) is 73.6 Å². The molecule has 8 heteroatoms. The van der Waals surface area contributed by atoms with Crippen LogP contribution in [0.4, 0.5) is 0 Å². The summed E-state index contributed by atoms with van der Waals surface area (Å²) < 4.78 is 11.6. The van der Waals surface area contributed by atoms with Crippen LogP contribution >= 0.6 is 11.6 Å². The second-order valence-electron chi connectivity index (χ2n) is 12.7. The third-order valence-corrected chi connectivity index (χ3v) is 12.0. The summed E-state index contributed by atoms with van der Waals surface area (Å²) in [5.74, 6) is -2.12. The number of carbonyl (C=O) groups excluding carboxylic acids is 3. The quantitative estimate of drug-likeness (QED) is 0.310. The van der Waals surface area contributed by atoms with Gasteiger partial charge in [0, 0.05) is 30.3 Å².